The van der Waals surface area contributed by atoms with Crippen LogP contribution in [0.1, 0.15) is 29.4 Å². The number of aromatic nitrogens is 2. The molecule has 2 atom stereocenters. The lowest BCUT2D eigenvalue weighted by atomic mass is 10.0. The summed E-state index contributed by atoms with van der Waals surface area (Å²) in [6.45, 7) is 5.91. The van der Waals surface area contributed by atoms with Crippen LogP contribution in [0.3, 0.4) is 0 Å². The SMILES string of the molecule is CCn1ncc(Cl)c1C(=O)N1CC2CN(c3cccc(CCC(N)=O)c3)CC2C1. The number of amides is 2. The molecule has 0 radical (unpaired) electrons. The van der Waals surface area contributed by atoms with Gasteiger partial charge in [-0.3, -0.25) is 14.3 Å². The third-order valence-corrected chi connectivity index (χ3v) is 6.28. The Balaban J connectivity index is 1.40. The molecule has 0 saturated carbocycles. The van der Waals surface area contributed by atoms with Crippen molar-refractivity contribution in [1.82, 2.24) is 14.7 Å². The van der Waals surface area contributed by atoms with E-state index in [-0.39, 0.29) is 11.8 Å². The first-order valence-corrected chi connectivity index (χ1v) is 10.5. The maximum atomic E-state index is 13.0. The molecule has 2 unspecified atom stereocenters. The number of rotatable bonds is 6. The van der Waals surface area contributed by atoms with E-state index in [1.807, 2.05) is 24.0 Å². The Hall–Kier alpha value is -2.54. The molecule has 0 bridgehead atoms. The van der Waals surface area contributed by atoms with Gasteiger partial charge < -0.3 is 15.5 Å². The molecule has 2 saturated heterocycles. The van der Waals surface area contributed by atoms with Gasteiger partial charge in [0.1, 0.15) is 5.69 Å². The number of benzene rings is 1. The van der Waals surface area contributed by atoms with Crippen LogP contribution in [0.25, 0.3) is 0 Å². The van der Waals surface area contributed by atoms with Gasteiger partial charge in [0.25, 0.3) is 5.91 Å². The van der Waals surface area contributed by atoms with Gasteiger partial charge in [0.2, 0.25) is 5.91 Å². The van der Waals surface area contributed by atoms with E-state index < -0.39 is 0 Å². The first-order valence-electron chi connectivity index (χ1n) is 10.1. The highest BCUT2D eigenvalue weighted by Crippen LogP contribution is 2.35. The van der Waals surface area contributed by atoms with Gasteiger partial charge in [0.15, 0.2) is 0 Å². The number of primary amides is 1. The molecule has 2 fully saturated rings. The average Bonchev–Trinajstić information content (AvgIpc) is 3.38. The van der Waals surface area contributed by atoms with Crippen molar-refractivity contribution in [2.24, 2.45) is 17.6 Å². The van der Waals surface area contributed by atoms with Crippen LogP contribution in [0.2, 0.25) is 5.02 Å². The van der Waals surface area contributed by atoms with Crippen LogP contribution in [0.15, 0.2) is 30.5 Å². The van der Waals surface area contributed by atoms with Crippen molar-refractivity contribution in [3.63, 3.8) is 0 Å². The Morgan fingerprint density at radius 2 is 1.93 bits per heavy atom. The zero-order chi connectivity index (χ0) is 20.5. The smallest absolute Gasteiger partial charge is 0.273 e. The fourth-order valence-corrected chi connectivity index (χ4v) is 4.73. The summed E-state index contributed by atoms with van der Waals surface area (Å²) in [4.78, 5) is 28.3. The fraction of sp³-hybridized carbons (Fsp3) is 0.476. The molecule has 1 aromatic heterocycles. The van der Waals surface area contributed by atoms with Crippen molar-refractivity contribution in [1.29, 1.82) is 0 Å². The van der Waals surface area contributed by atoms with Crippen molar-refractivity contribution < 1.29 is 9.59 Å². The molecule has 29 heavy (non-hydrogen) atoms. The minimum absolute atomic E-state index is 0.0243. The highest BCUT2D eigenvalue weighted by molar-refractivity contribution is 6.33. The Morgan fingerprint density at radius 3 is 2.59 bits per heavy atom. The number of fused-ring (bicyclic) bond motifs is 1. The lowest BCUT2D eigenvalue weighted by Gasteiger charge is -2.24. The third-order valence-electron chi connectivity index (χ3n) is 6.01. The lowest BCUT2D eigenvalue weighted by Crippen LogP contribution is -2.34. The highest BCUT2D eigenvalue weighted by Gasteiger charge is 2.42. The summed E-state index contributed by atoms with van der Waals surface area (Å²) in [6.07, 6.45) is 2.57. The molecule has 0 aliphatic carbocycles. The predicted octanol–water partition coefficient (Wildman–Crippen LogP) is 2.18. The summed E-state index contributed by atoms with van der Waals surface area (Å²) in [6, 6.07) is 8.32. The molecule has 2 aliphatic rings. The number of carbonyl (C=O) groups is 2. The van der Waals surface area contributed by atoms with E-state index in [0.29, 0.717) is 41.9 Å². The van der Waals surface area contributed by atoms with E-state index >= 15 is 0 Å². The number of likely N-dealkylation sites (tertiary alicyclic amines) is 1. The molecule has 2 amide bonds. The summed E-state index contributed by atoms with van der Waals surface area (Å²) in [5, 5.41) is 4.60. The molecule has 4 rings (SSSR count). The van der Waals surface area contributed by atoms with Crippen molar-refractivity contribution in [3.05, 3.63) is 46.7 Å². The van der Waals surface area contributed by atoms with Gasteiger partial charge in [0.05, 0.1) is 11.2 Å². The number of halogens is 1. The number of hydrogen-bond donors (Lipinski definition) is 1. The van der Waals surface area contributed by atoms with E-state index in [0.717, 1.165) is 31.7 Å². The van der Waals surface area contributed by atoms with Gasteiger partial charge in [-0.15, -0.1) is 0 Å². The van der Waals surface area contributed by atoms with Gasteiger partial charge >= 0.3 is 0 Å². The Labute approximate surface area is 175 Å². The van der Waals surface area contributed by atoms with Crippen LogP contribution in [-0.4, -0.2) is 52.7 Å². The first kappa shape index (κ1) is 19.8. The normalized spacial score (nSPS) is 20.9. The molecule has 154 valence electrons. The second-order valence-electron chi connectivity index (χ2n) is 7.93. The number of aryl methyl sites for hydroxylation is 2. The average molecular weight is 416 g/mol. The maximum absolute atomic E-state index is 13.0. The van der Waals surface area contributed by atoms with Crippen LogP contribution in [0.5, 0.6) is 0 Å². The minimum atomic E-state index is -0.277. The highest BCUT2D eigenvalue weighted by atomic mass is 35.5. The van der Waals surface area contributed by atoms with Crippen LogP contribution in [0, 0.1) is 11.8 Å². The van der Waals surface area contributed by atoms with Gasteiger partial charge in [-0.2, -0.15) is 5.10 Å². The molecule has 2 aliphatic heterocycles. The second kappa shape index (κ2) is 8.06. The molecule has 2 N–H and O–H groups in total. The maximum Gasteiger partial charge on any atom is 0.273 e. The zero-order valence-corrected chi connectivity index (χ0v) is 17.3. The topological polar surface area (TPSA) is 84.5 Å². The predicted molar refractivity (Wildman–Crippen MR) is 112 cm³/mol. The number of carbonyl (C=O) groups excluding carboxylic acids is 2. The molecule has 8 heteroatoms. The zero-order valence-electron chi connectivity index (χ0n) is 16.6. The monoisotopic (exact) mass is 415 g/mol. The van der Waals surface area contributed by atoms with Crippen LogP contribution in [0.4, 0.5) is 5.69 Å². The second-order valence-corrected chi connectivity index (χ2v) is 8.34. The van der Waals surface area contributed by atoms with Gasteiger partial charge in [-0.05, 0) is 31.0 Å². The summed E-state index contributed by atoms with van der Waals surface area (Å²) in [5.74, 6) is 0.596. The van der Waals surface area contributed by atoms with Gasteiger partial charge in [-0.1, -0.05) is 23.7 Å². The lowest BCUT2D eigenvalue weighted by molar-refractivity contribution is -0.117. The standard InChI is InChI=1S/C21H26ClN5O2/c1-2-27-20(18(22)9-24-27)21(29)26-12-15-10-25(11-16(15)13-26)17-5-3-4-14(8-17)6-7-19(23)28/h3-5,8-9,15-16H,2,6-7,10-13H2,1H3,(H2,23,28). The molecule has 7 nitrogen and oxygen atoms in total. The van der Waals surface area contributed by atoms with E-state index in [2.05, 4.69) is 22.1 Å². The van der Waals surface area contributed by atoms with Crippen molar-refractivity contribution in [3.8, 4) is 0 Å². The van der Waals surface area contributed by atoms with Crippen LogP contribution in [-0.2, 0) is 17.8 Å². The molecule has 0 spiro atoms. The molecular weight excluding hydrogens is 390 g/mol. The number of nitrogens with two attached hydrogens (primary N) is 1. The van der Waals surface area contributed by atoms with Crippen molar-refractivity contribution in [2.75, 3.05) is 31.1 Å². The summed E-state index contributed by atoms with van der Waals surface area (Å²) >= 11 is 6.21. The Bertz CT molecular complexity index is 914. The Kier molecular flexibility index (Phi) is 5.50. The summed E-state index contributed by atoms with van der Waals surface area (Å²) in [5.41, 5.74) is 8.06. The van der Waals surface area contributed by atoms with E-state index in [9.17, 15) is 9.59 Å². The quantitative estimate of drug-likeness (QED) is 0.783. The van der Waals surface area contributed by atoms with E-state index in [1.54, 1.807) is 10.9 Å². The van der Waals surface area contributed by atoms with Crippen LogP contribution >= 0.6 is 11.6 Å². The minimum Gasteiger partial charge on any atom is -0.371 e. The molecule has 3 heterocycles. The van der Waals surface area contributed by atoms with Gasteiger partial charge in [0, 0.05) is 56.7 Å². The van der Waals surface area contributed by atoms with Crippen molar-refractivity contribution in [2.45, 2.75) is 26.3 Å². The largest absolute Gasteiger partial charge is 0.371 e. The van der Waals surface area contributed by atoms with E-state index in [1.165, 1.54) is 5.69 Å². The summed E-state index contributed by atoms with van der Waals surface area (Å²) in [7, 11) is 0. The molecule has 1 aromatic carbocycles. The van der Waals surface area contributed by atoms with Crippen LogP contribution < -0.4 is 10.6 Å². The molecular formula is C21H26ClN5O2. The fourth-order valence-electron chi connectivity index (χ4n) is 4.51. The van der Waals surface area contributed by atoms with E-state index in [4.69, 9.17) is 17.3 Å². The number of anilines is 1. The first-order chi connectivity index (χ1) is 14.0. The third kappa shape index (κ3) is 3.96. The molecule has 2 aromatic rings. The Morgan fingerprint density at radius 1 is 1.21 bits per heavy atom. The number of nitrogens with zero attached hydrogens (tertiary/aromatic N) is 4. The van der Waals surface area contributed by atoms with Crippen molar-refractivity contribution >= 4 is 29.1 Å². The van der Waals surface area contributed by atoms with Gasteiger partial charge in [-0.25, -0.2) is 0 Å². The summed E-state index contributed by atoms with van der Waals surface area (Å²) < 4.78 is 1.67. The number of hydrogen-bond acceptors (Lipinski definition) is 4.